The molecule has 3 rings (SSSR count). The summed E-state index contributed by atoms with van der Waals surface area (Å²) >= 11 is 2.73. The second kappa shape index (κ2) is 8.27. The Kier molecular flexibility index (Phi) is 5.81. The molecule has 2 heterocycles. The molecule has 0 fully saturated rings. The van der Waals surface area contributed by atoms with Gasteiger partial charge in [0.1, 0.15) is 10.6 Å². The van der Waals surface area contributed by atoms with Crippen LogP contribution in [-0.4, -0.2) is 31.8 Å². The van der Waals surface area contributed by atoms with Gasteiger partial charge in [0.2, 0.25) is 5.91 Å². The Morgan fingerprint density at radius 3 is 2.81 bits per heavy atom. The van der Waals surface area contributed by atoms with Gasteiger partial charge >= 0.3 is 0 Å². The number of rotatable bonds is 7. The molecule has 0 saturated carbocycles. The van der Waals surface area contributed by atoms with Crippen molar-refractivity contribution in [2.45, 2.75) is 25.5 Å². The molecule has 11 heteroatoms. The highest BCUT2D eigenvalue weighted by atomic mass is 32.2. The Bertz CT molecular complexity index is 985. The van der Waals surface area contributed by atoms with Gasteiger partial charge in [0.05, 0.1) is 15.6 Å². The first kappa shape index (κ1) is 19.0. The number of amides is 1. The normalized spacial score (nSPS) is 10.7. The summed E-state index contributed by atoms with van der Waals surface area (Å²) in [6.07, 6.45) is 0.146. The van der Waals surface area contributed by atoms with Crippen molar-refractivity contribution in [1.82, 2.24) is 15.2 Å². The Balaban J connectivity index is 1.54. The van der Waals surface area contributed by atoms with Crippen LogP contribution in [0.2, 0.25) is 0 Å². The van der Waals surface area contributed by atoms with E-state index in [9.17, 15) is 14.9 Å². The minimum atomic E-state index is -0.534. The molecule has 0 aliphatic carbocycles. The molecule has 1 amide bonds. The summed E-state index contributed by atoms with van der Waals surface area (Å²) < 4.78 is 5.60. The van der Waals surface area contributed by atoms with Crippen molar-refractivity contribution in [3.63, 3.8) is 0 Å². The quantitative estimate of drug-likeness (QED) is 0.357. The summed E-state index contributed by atoms with van der Waals surface area (Å²) in [6.45, 7) is 3.78. The summed E-state index contributed by atoms with van der Waals surface area (Å²) in [5.74, 6) is 0.477. The second-order valence-corrected chi connectivity index (χ2v) is 7.69. The van der Waals surface area contributed by atoms with Crippen LogP contribution < -0.4 is 5.32 Å². The Labute approximate surface area is 162 Å². The Hall–Kier alpha value is -2.79. The van der Waals surface area contributed by atoms with E-state index in [-0.39, 0.29) is 23.7 Å². The lowest BCUT2D eigenvalue weighted by Crippen LogP contribution is -2.13. The van der Waals surface area contributed by atoms with Gasteiger partial charge in [-0.25, -0.2) is 4.98 Å². The minimum absolute atomic E-state index is 0.143. The third kappa shape index (κ3) is 4.68. The molecule has 2 aromatic heterocycles. The number of hydrogen-bond acceptors (Lipinski definition) is 9. The average Bonchev–Trinajstić information content (AvgIpc) is 3.21. The van der Waals surface area contributed by atoms with Gasteiger partial charge in [-0.3, -0.25) is 14.9 Å². The molecule has 140 valence electrons. The van der Waals surface area contributed by atoms with E-state index >= 15 is 0 Å². The number of nitro groups is 1. The zero-order valence-corrected chi connectivity index (χ0v) is 16.1. The first-order valence-electron chi connectivity index (χ1n) is 7.88. The lowest BCUT2D eigenvalue weighted by atomic mass is 10.2. The molecule has 0 radical (unpaired) electrons. The van der Waals surface area contributed by atoms with Crippen LogP contribution in [0.15, 0.2) is 33.9 Å². The summed E-state index contributed by atoms with van der Waals surface area (Å²) in [4.78, 5) is 27.6. The summed E-state index contributed by atoms with van der Waals surface area (Å²) in [7, 11) is 0. The first-order chi connectivity index (χ1) is 12.9. The predicted octanol–water partition coefficient (Wildman–Crippen LogP) is 3.84. The number of hydrogen-bond donors (Lipinski definition) is 1. The van der Waals surface area contributed by atoms with E-state index in [4.69, 9.17) is 4.42 Å². The fourth-order valence-corrected chi connectivity index (χ4v) is 3.81. The number of carbonyl (C=O) groups excluding carboxylic acids is 1. The fourth-order valence-electron chi connectivity index (χ4n) is 2.27. The minimum Gasteiger partial charge on any atom is -0.410 e. The van der Waals surface area contributed by atoms with Crippen LogP contribution in [0.4, 0.5) is 11.4 Å². The highest BCUT2D eigenvalue weighted by Crippen LogP contribution is 2.30. The SMILES string of the molecule is Cc1nc(C)c(-c2nnc(SCCC(=O)Nc3ccccc3[N+](=O)[O-])o2)s1. The van der Waals surface area contributed by atoms with Gasteiger partial charge in [0.25, 0.3) is 16.8 Å². The number of nitrogens with zero attached hydrogens (tertiary/aromatic N) is 4. The third-order valence-corrected chi connectivity index (χ3v) is 5.31. The van der Waals surface area contributed by atoms with Crippen LogP contribution in [0.3, 0.4) is 0 Å². The third-order valence-electron chi connectivity index (χ3n) is 3.43. The number of aryl methyl sites for hydroxylation is 2. The van der Waals surface area contributed by atoms with Crippen LogP contribution in [0, 0.1) is 24.0 Å². The van der Waals surface area contributed by atoms with Crippen LogP contribution in [0.1, 0.15) is 17.1 Å². The van der Waals surface area contributed by atoms with E-state index in [2.05, 4.69) is 20.5 Å². The van der Waals surface area contributed by atoms with Crippen LogP contribution in [0.5, 0.6) is 0 Å². The topological polar surface area (TPSA) is 124 Å². The second-order valence-electron chi connectivity index (χ2n) is 5.44. The molecule has 0 saturated heterocycles. The molecule has 3 aromatic rings. The smallest absolute Gasteiger partial charge is 0.292 e. The van der Waals surface area contributed by atoms with Crippen LogP contribution >= 0.6 is 23.1 Å². The highest BCUT2D eigenvalue weighted by Gasteiger charge is 2.17. The predicted molar refractivity (Wildman–Crippen MR) is 102 cm³/mol. The molecule has 0 atom stereocenters. The maximum atomic E-state index is 12.0. The Morgan fingerprint density at radius 1 is 1.33 bits per heavy atom. The maximum Gasteiger partial charge on any atom is 0.292 e. The lowest BCUT2D eigenvalue weighted by molar-refractivity contribution is -0.383. The molecule has 27 heavy (non-hydrogen) atoms. The van der Waals surface area contributed by atoms with Gasteiger partial charge in [-0.2, -0.15) is 0 Å². The van der Waals surface area contributed by atoms with E-state index < -0.39 is 4.92 Å². The average molecular weight is 405 g/mol. The van der Waals surface area contributed by atoms with Gasteiger partial charge in [-0.05, 0) is 19.9 Å². The van der Waals surface area contributed by atoms with Crippen molar-refractivity contribution >= 4 is 40.4 Å². The molecule has 0 spiro atoms. The van der Waals surface area contributed by atoms with E-state index in [1.807, 2.05) is 13.8 Å². The number of anilines is 1. The summed E-state index contributed by atoms with van der Waals surface area (Å²) in [6, 6.07) is 6.00. The maximum absolute atomic E-state index is 12.0. The molecule has 9 nitrogen and oxygen atoms in total. The summed E-state index contributed by atoms with van der Waals surface area (Å²) in [5.41, 5.74) is 0.866. The van der Waals surface area contributed by atoms with Gasteiger partial charge in [-0.15, -0.1) is 21.5 Å². The number of carbonyl (C=O) groups is 1. The van der Waals surface area contributed by atoms with Crippen molar-refractivity contribution in [3.05, 3.63) is 45.1 Å². The zero-order chi connectivity index (χ0) is 19.4. The highest BCUT2D eigenvalue weighted by molar-refractivity contribution is 7.99. The molecule has 0 aliphatic rings. The monoisotopic (exact) mass is 405 g/mol. The van der Waals surface area contributed by atoms with E-state index in [1.165, 1.54) is 35.2 Å². The number of thiazole rings is 1. The standard InChI is InChI=1S/C16H15N5O4S2/c1-9-14(27-10(2)17-9)15-19-20-16(25-15)26-8-7-13(22)18-11-5-3-4-6-12(11)21(23)24/h3-6H,7-8H2,1-2H3,(H,18,22). The van der Waals surface area contributed by atoms with Gasteiger partial charge in [0.15, 0.2) is 0 Å². The molecule has 1 N–H and O–H groups in total. The molecule has 0 unspecified atom stereocenters. The molecular formula is C16H15N5O4S2. The Morgan fingerprint density at radius 2 is 2.11 bits per heavy atom. The number of nitro benzene ring substituents is 1. The van der Waals surface area contributed by atoms with Crippen molar-refractivity contribution in [2.24, 2.45) is 0 Å². The number of aromatic nitrogens is 3. The lowest BCUT2D eigenvalue weighted by Gasteiger charge is -2.04. The molecule has 0 aliphatic heterocycles. The van der Waals surface area contributed by atoms with Crippen molar-refractivity contribution in [1.29, 1.82) is 0 Å². The van der Waals surface area contributed by atoms with E-state index in [0.29, 0.717) is 16.9 Å². The number of benzene rings is 1. The number of para-hydroxylation sites is 2. The zero-order valence-electron chi connectivity index (χ0n) is 14.5. The summed E-state index contributed by atoms with van der Waals surface area (Å²) in [5, 5.41) is 22.8. The van der Waals surface area contributed by atoms with Gasteiger partial charge < -0.3 is 9.73 Å². The molecule has 0 bridgehead atoms. The van der Waals surface area contributed by atoms with E-state index in [1.54, 1.807) is 12.1 Å². The van der Waals surface area contributed by atoms with Crippen molar-refractivity contribution < 1.29 is 14.1 Å². The fraction of sp³-hybridized carbons (Fsp3) is 0.250. The van der Waals surface area contributed by atoms with Gasteiger partial charge in [0, 0.05) is 18.2 Å². The molecule has 1 aromatic carbocycles. The van der Waals surface area contributed by atoms with Crippen molar-refractivity contribution in [2.75, 3.05) is 11.1 Å². The molecular weight excluding hydrogens is 390 g/mol. The number of thioether (sulfide) groups is 1. The van der Waals surface area contributed by atoms with Gasteiger partial charge in [-0.1, -0.05) is 23.9 Å². The van der Waals surface area contributed by atoms with Crippen molar-refractivity contribution in [3.8, 4) is 10.8 Å². The van der Waals surface area contributed by atoms with Crippen LogP contribution in [0.25, 0.3) is 10.8 Å². The number of nitrogens with one attached hydrogen (secondary N) is 1. The van der Waals surface area contributed by atoms with E-state index in [0.717, 1.165) is 15.6 Å². The first-order valence-corrected chi connectivity index (χ1v) is 9.68. The van der Waals surface area contributed by atoms with Crippen LogP contribution in [-0.2, 0) is 4.79 Å². The largest absolute Gasteiger partial charge is 0.410 e.